The van der Waals surface area contributed by atoms with Gasteiger partial charge in [-0.05, 0) is 36.3 Å². The number of benzene rings is 1. The zero-order valence-corrected chi connectivity index (χ0v) is 19.2. The molecule has 3 rings (SSSR count). The van der Waals surface area contributed by atoms with Crippen molar-refractivity contribution >= 4 is 34.1 Å². The summed E-state index contributed by atoms with van der Waals surface area (Å²) in [7, 11) is 0. The van der Waals surface area contributed by atoms with Crippen molar-refractivity contribution in [3.63, 3.8) is 0 Å². The van der Waals surface area contributed by atoms with Crippen molar-refractivity contribution in [1.29, 1.82) is 0 Å². The van der Waals surface area contributed by atoms with E-state index in [1.807, 2.05) is 31.2 Å². The van der Waals surface area contributed by atoms with Gasteiger partial charge in [0.2, 0.25) is 5.91 Å². The normalized spacial score (nSPS) is 19.1. The first-order valence-electron chi connectivity index (χ1n) is 10.6. The Bertz CT molecular complexity index is 1000. The lowest BCUT2D eigenvalue weighted by Crippen LogP contribution is -2.42. The minimum absolute atomic E-state index is 0.00338. The van der Waals surface area contributed by atoms with Gasteiger partial charge in [-0.2, -0.15) is 0 Å². The van der Waals surface area contributed by atoms with Gasteiger partial charge in [-0.15, -0.1) is 11.3 Å². The third kappa shape index (κ3) is 4.82. The van der Waals surface area contributed by atoms with E-state index in [9.17, 15) is 19.5 Å². The van der Waals surface area contributed by atoms with Crippen LogP contribution in [-0.4, -0.2) is 17.8 Å². The molecule has 1 heterocycles. The molecule has 1 aliphatic rings. The van der Waals surface area contributed by atoms with Crippen LogP contribution in [-0.2, 0) is 15.0 Å². The Balaban J connectivity index is 1.95. The van der Waals surface area contributed by atoms with Gasteiger partial charge in [0.1, 0.15) is 5.00 Å². The molecule has 1 aromatic carbocycles. The number of aryl methyl sites for hydroxylation is 1. The summed E-state index contributed by atoms with van der Waals surface area (Å²) in [5.41, 5.74) is 8.70. The largest absolute Gasteiger partial charge is 0.550 e. The lowest BCUT2D eigenvalue weighted by molar-refractivity contribution is -0.313. The molecule has 0 radical (unpaired) electrons. The Morgan fingerprint density at radius 2 is 1.65 bits per heavy atom. The van der Waals surface area contributed by atoms with Crippen LogP contribution in [0.3, 0.4) is 0 Å². The van der Waals surface area contributed by atoms with Gasteiger partial charge >= 0.3 is 0 Å². The lowest BCUT2D eigenvalue weighted by Gasteiger charge is -2.31. The van der Waals surface area contributed by atoms with E-state index in [2.05, 4.69) is 26.1 Å². The van der Waals surface area contributed by atoms with Gasteiger partial charge in [0, 0.05) is 28.2 Å². The molecule has 0 spiro atoms. The van der Waals surface area contributed by atoms with E-state index in [-0.39, 0.29) is 11.0 Å². The van der Waals surface area contributed by atoms with E-state index in [1.165, 1.54) is 16.9 Å². The van der Waals surface area contributed by atoms with E-state index in [0.717, 1.165) is 23.3 Å². The molecule has 6 nitrogen and oxygen atoms in total. The molecule has 0 aliphatic heterocycles. The Kier molecular flexibility index (Phi) is 6.55. The zero-order chi connectivity index (χ0) is 22.9. The number of carboxylic acids is 1. The second-order valence-electron chi connectivity index (χ2n) is 9.23. The predicted molar refractivity (Wildman–Crippen MR) is 121 cm³/mol. The van der Waals surface area contributed by atoms with E-state index < -0.39 is 29.6 Å². The summed E-state index contributed by atoms with van der Waals surface area (Å²) in [5.74, 6) is -3.70. The number of nitrogens with one attached hydrogen (secondary N) is 1. The Morgan fingerprint density at radius 3 is 2.16 bits per heavy atom. The molecular formula is C24H29N2O4S-. The first-order chi connectivity index (χ1) is 14.5. The Morgan fingerprint density at radius 1 is 1.06 bits per heavy atom. The van der Waals surface area contributed by atoms with E-state index in [4.69, 9.17) is 5.73 Å². The number of hydrogen-bond donors (Lipinski definition) is 2. The maximum atomic E-state index is 12.9. The molecule has 1 saturated carbocycles. The van der Waals surface area contributed by atoms with Crippen molar-refractivity contribution in [3.05, 3.63) is 40.3 Å². The molecule has 2 atom stereocenters. The first-order valence-corrected chi connectivity index (χ1v) is 11.4. The molecule has 1 aliphatic carbocycles. The highest BCUT2D eigenvalue weighted by Gasteiger charge is 2.33. The SMILES string of the molecule is Cc1sc(NC(=O)[C@H]2CCCC[C@H]2C(=O)[O-])c(C(N)=O)c1-c1ccc(C(C)(C)C)cc1. The van der Waals surface area contributed by atoms with Crippen LogP contribution >= 0.6 is 11.3 Å². The maximum absolute atomic E-state index is 12.9. The molecule has 0 saturated heterocycles. The summed E-state index contributed by atoms with van der Waals surface area (Å²) in [6.45, 7) is 8.27. The fourth-order valence-electron chi connectivity index (χ4n) is 4.28. The number of aliphatic carboxylic acids is 1. The summed E-state index contributed by atoms with van der Waals surface area (Å²) >= 11 is 1.28. The molecule has 0 unspecified atom stereocenters. The lowest BCUT2D eigenvalue weighted by atomic mass is 9.78. The predicted octanol–water partition coefficient (Wildman–Crippen LogP) is 3.61. The van der Waals surface area contributed by atoms with Gasteiger partial charge in [-0.25, -0.2) is 0 Å². The topological polar surface area (TPSA) is 112 Å². The highest BCUT2D eigenvalue weighted by molar-refractivity contribution is 7.17. The van der Waals surface area contributed by atoms with Crippen molar-refractivity contribution in [2.75, 3.05) is 5.32 Å². The molecule has 2 aromatic rings. The zero-order valence-electron chi connectivity index (χ0n) is 18.4. The molecule has 0 bridgehead atoms. The number of hydrogen-bond acceptors (Lipinski definition) is 5. The van der Waals surface area contributed by atoms with Crippen LogP contribution in [0.2, 0.25) is 0 Å². The van der Waals surface area contributed by atoms with Gasteiger partial charge in [0.25, 0.3) is 5.91 Å². The monoisotopic (exact) mass is 441 g/mol. The van der Waals surface area contributed by atoms with Crippen LogP contribution in [0.5, 0.6) is 0 Å². The molecule has 1 aromatic heterocycles. The first kappa shape index (κ1) is 23.0. The van der Waals surface area contributed by atoms with Gasteiger partial charge < -0.3 is 21.0 Å². The van der Waals surface area contributed by atoms with Gasteiger partial charge in [0.05, 0.1) is 5.56 Å². The van der Waals surface area contributed by atoms with Crippen LogP contribution in [0.15, 0.2) is 24.3 Å². The fraction of sp³-hybridized carbons (Fsp3) is 0.458. The number of carboxylic acid groups (broad SMARTS) is 1. The summed E-state index contributed by atoms with van der Waals surface area (Å²) in [5, 5.41) is 14.6. The number of nitrogens with two attached hydrogens (primary N) is 1. The van der Waals surface area contributed by atoms with E-state index >= 15 is 0 Å². The number of amides is 2. The van der Waals surface area contributed by atoms with E-state index in [0.29, 0.717) is 23.4 Å². The third-order valence-electron chi connectivity index (χ3n) is 6.01. The molecule has 7 heteroatoms. The van der Waals surface area contributed by atoms with Crippen LogP contribution in [0.1, 0.15) is 67.3 Å². The van der Waals surface area contributed by atoms with Crippen molar-refractivity contribution < 1.29 is 19.5 Å². The number of carbonyl (C=O) groups excluding carboxylic acids is 3. The van der Waals surface area contributed by atoms with Gasteiger partial charge in [-0.3, -0.25) is 9.59 Å². The molecule has 2 amide bonds. The van der Waals surface area contributed by atoms with Crippen molar-refractivity contribution in [2.24, 2.45) is 17.6 Å². The minimum Gasteiger partial charge on any atom is -0.550 e. The molecule has 3 N–H and O–H groups in total. The van der Waals surface area contributed by atoms with E-state index in [1.54, 1.807) is 0 Å². The number of carbonyl (C=O) groups is 3. The minimum atomic E-state index is -1.20. The second kappa shape index (κ2) is 8.83. The average molecular weight is 442 g/mol. The maximum Gasteiger partial charge on any atom is 0.252 e. The standard InChI is InChI=1S/C24H30N2O4S/c1-13-18(14-9-11-15(12-10-14)24(2,3)4)19(20(25)27)22(31-13)26-21(28)16-7-5-6-8-17(16)23(29)30/h9-12,16-17H,5-8H2,1-4H3,(H2,25,27)(H,26,28)(H,29,30)/p-1/t16-,17+/m0/s1. The quantitative estimate of drug-likeness (QED) is 0.738. The van der Waals surface area contributed by atoms with Crippen molar-refractivity contribution in [1.82, 2.24) is 0 Å². The van der Waals surface area contributed by atoms with Crippen LogP contribution in [0, 0.1) is 18.8 Å². The Hall–Kier alpha value is -2.67. The van der Waals surface area contributed by atoms with Crippen LogP contribution in [0.4, 0.5) is 5.00 Å². The van der Waals surface area contributed by atoms with Gasteiger partial charge in [0.15, 0.2) is 0 Å². The van der Waals surface area contributed by atoms with Crippen molar-refractivity contribution in [3.8, 4) is 11.1 Å². The summed E-state index contributed by atoms with van der Waals surface area (Å²) in [6, 6.07) is 7.98. The highest BCUT2D eigenvalue weighted by atomic mass is 32.1. The third-order valence-corrected chi connectivity index (χ3v) is 7.03. The molecular weight excluding hydrogens is 412 g/mol. The second-order valence-corrected chi connectivity index (χ2v) is 10.5. The fourth-order valence-corrected chi connectivity index (χ4v) is 5.37. The molecule has 1 fully saturated rings. The van der Waals surface area contributed by atoms with Crippen LogP contribution < -0.4 is 16.2 Å². The summed E-state index contributed by atoms with van der Waals surface area (Å²) in [6.07, 6.45) is 2.47. The van der Waals surface area contributed by atoms with Crippen molar-refractivity contribution in [2.45, 2.75) is 58.8 Å². The van der Waals surface area contributed by atoms with Gasteiger partial charge in [-0.1, -0.05) is 57.9 Å². The van der Waals surface area contributed by atoms with Crippen LogP contribution in [0.25, 0.3) is 11.1 Å². The number of primary amides is 1. The smallest absolute Gasteiger partial charge is 0.252 e. The Labute approximate surface area is 186 Å². The average Bonchev–Trinajstić information content (AvgIpc) is 3.03. The molecule has 166 valence electrons. The summed E-state index contributed by atoms with van der Waals surface area (Å²) in [4.78, 5) is 37.6. The number of rotatable bonds is 5. The highest BCUT2D eigenvalue weighted by Crippen LogP contribution is 2.41. The summed E-state index contributed by atoms with van der Waals surface area (Å²) < 4.78 is 0. The molecule has 31 heavy (non-hydrogen) atoms. The number of anilines is 1. The number of thiophene rings is 1.